The summed E-state index contributed by atoms with van der Waals surface area (Å²) in [5, 5.41) is 2.84. The number of rotatable bonds is 4. The van der Waals surface area contributed by atoms with Crippen LogP contribution in [-0.4, -0.2) is 50.2 Å². The van der Waals surface area contributed by atoms with Crippen molar-refractivity contribution < 1.29 is 19.6 Å². The van der Waals surface area contributed by atoms with E-state index in [2.05, 4.69) is 5.32 Å². The second-order valence-electron chi connectivity index (χ2n) is 6.39. The van der Waals surface area contributed by atoms with Gasteiger partial charge in [0.15, 0.2) is 0 Å². The van der Waals surface area contributed by atoms with Gasteiger partial charge in [0.2, 0.25) is 0 Å². The molecule has 1 saturated heterocycles. The molecule has 2 N–H and O–H groups in total. The number of carbonyl (C=O) groups is 2. The molecular weight excluding hydrogens is 366 g/mol. The molecule has 142 valence electrons. The van der Waals surface area contributed by atoms with E-state index in [1.807, 2.05) is 29.2 Å². The minimum absolute atomic E-state index is 0.0255. The topological polar surface area (TPSA) is 66.5 Å². The number of nitrogens with zero attached hydrogens (tertiary/aromatic N) is 2. The van der Waals surface area contributed by atoms with Crippen molar-refractivity contribution in [1.29, 1.82) is 0 Å². The Balaban J connectivity index is 1.83. The van der Waals surface area contributed by atoms with Crippen molar-refractivity contribution in [3.05, 3.63) is 64.7 Å². The van der Waals surface area contributed by atoms with E-state index in [9.17, 15) is 9.59 Å². The molecule has 0 saturated carbocycles. The van der Waals surface area contributed by atoms with Gasteiger partial charge in [-0.2, -0.15) is 0 Å². The van der Waals surface area contributed by atoms with Gasteiger partial charge in [-0.1, -0.05) is 23.7 Å². The molecule has 6 nitrogen and oxygen atoms in total. The maximum absolute atomic E-state index is 13.1. The summed E-state index contributed by atoms with van der Waals surface area (Å²) < 4.78 is 4.73. The first kappa shape index (κ1) is 19.2. The highest BCUT2D eigenvalue weighted by atomic mass is 35.5. The van der Waals surface area contributed by atoms with E-state index < -0.39 is 0 Å². The lowest BCUT2D eigenvalue weighted by atomic mass is 10.1. The lowest BCUT2D eigenvalue weighted by Gasteiger charge is -2.32. The molecule has 2 amide bonds. The fourth-order valence-electron chi connectivity index (χ4n) is 3.05. The van der Waals surface area contributed by atoms with Crippen LogP contribution in [0, 0.1) is 0 Å². The summed E-state index contributed by atoms with van der Waals surface area (Å²) >= 11 is 6.00. The predicted molar refractivity (Wildman–Crippen MR) is 104 cm³/mol. The van der Waals surface area contributed by atoms with Crippen LogP contribution in [0.25, 0.3) is 0 Å². The number of ether oxygens (including phenoxy) is 1. The van der Waals surface area contributed by atoms with Crippen LogP contribution in [0.15, 0.2) is 48.5 Å². The number of benzene rings is 2. The van der Waals surface area contributed by atoms with E-state index in [-0.39, 0.29) is 12.0 Å². The van der Waals surface area contributed by atoms with Gasteiger partial charge in [0.05, 0.1) is 45.4 Å². The molecule has 0 radical (unpaired) electrons. The van der Waals surface area contributed by atoms with Crippen LogP contribution in [0.2, 0.25) is 5.02 Å². The van der Waals surface area contributed by atoms with Crippen LogP contribution in [0.4, 0.5) is 10.5 Å². The Morgan fingerprint density at radius 2 is 1.70 bits per heavy atom. The Bertz CT molecular complexity index is 787. The van der Waals surface area contributed by atoms with Crippen molar-refractivity contribution in [2.45, 2.75) is 6.54 Å². The quantitative estimate of drug-likeness (QED) is 0.816. The molecule has 27 heavy (non-hydrogen) atoms. The zero-order chi connectivity index (χ0) is 19.2. The molecule has 1 aliphatic rings. The molecule has 2 aromatic rings. The second kappa shape index (κ2) is 8.88. The number of halogens is 1. The highest BCUT2D eigenvalue weighted by Crippen LogP contribution is 2.22. The number of nitrogens with two attached hydrogens (primary N) is 1. The van der Waals surface area contributed by atoms with Gasteiger partial charge >= 0.3 is 12.0 Å². The van der Waals surface area contributed by atoms with Crippen LogP contribution >= 0.6 is 11.6 Å². The smallest absolute Gasteiger partial charge is 0.337 e. The summed E-state index contributed by atoms with van der Waals surface area (Å²) in [5.41, 5.74) is 2.20. The van der Waals surface area contributed by atoms with Gasteiger partial charge in [0, 0.05) is 10.7 Å². The van der Waals surface area contributed by atoms with Crippen LogP contribution in [-0.2, 0) is 11.3 Å². The summed E-state index contributed by atoms with van der Waals surface area (Å²) in [6, 6.07) is 14.3. The number of amides is 2. The van der Waals surface area contributed by atoms with E-state index in [4.69, 9.17) is 16.3 Å². The molecule has 3 rings (SSSR count). The van der Waals surface area contributed by atoms with Crippen molar-refractivity contribution in [2.75, 3.05) is 38.2 Å². The molecule has 0 atom stereocenters. The number of piperazine rings is 1. The Morgan fingerprint density at radius 1 is 1.07 bits per heavy atom. The van der Waals surface area contributed by atoms with Gasteiger partial charge in [-0.25, -0.2) is 9.59 Å². The summed E-state index contributed by atoms with van der Waals surface area (Å²) in [6.45, 7) is 3.68. The SMILES string of the molecule is COC(=O)c1ccc(CN(C(=O)N2CC[NH2+]CC2)c2ccc(Cl)cc2)cc1. The van der Waals surface area contributed by atoms with Gasteiger partial charge in [0.25, 0.3) is 0 Å². The fraction of sp³-hybridized carbons (Fsp3) is 0.300. The Labute approximate surface area is 163 Å². The van der Waals surface area contributed by atoms with Crippen molar-refractivity contribution in [1.82, 2.24) is 4.90 Å². The Hall–Kier alpha value is -2.57. The van der Waals surface area contributed by atoms with Crippen molar-refractivity contribution in [2.24, 2.45) is 0 Å². The fourth-order valence-corrected chi connectivity index (χ4v) is 3.18. The van der Waals surface area contributed by atoms with E-state index >= 15 is 0 Å². The molecular formula is C20H23ClN3O3+. The molecule has 1 heterocycles. The highest BCUT2D eigenvalue weighted by molar-refractivity contribution is 6.30. The number of carbonyl (C=O) groups excluding carboxylic acids is 2. The first-order valence-corrected chi connectivity index (χ1v) is 9.27. The van der Waals surface area contributed by atoms with E-state index in [0.717, 1.165) is 37.4 Å². The summed E-state index contributed by atoms with van der Waals surface area (Å²) in [6.07, 6.45) is 0. The van der Waals surface area contributed by atoms with Crippen molar-refractivity contribution in [3.63, 3.8) is 0 Å². The third-order valence-corrected chi connectivity index (χ3v) is 4.81. The van der Waals surface area contributed by atoms with Crippen LogP contribution < -0.4 is 10.2 Å². The average Bonchev–Trinajstić information content (AvgIpc) is 2.73. The Kier molecular flexibility index (Phi) is 6.32. The number of esters is 1. The summed E-state index contributed by atoms with van der Waals surface area (Å²) in [5.74, 6) is -0.378. The molecule has 1 fully saturated rings. The number of urea groups is 1. The van der Waals surface area contributed by atoms with Gasteiger partial charge in [-0.15, -0.1) is 0 Å². The largest absolute Gasteiger partial charge is 0.465 e. The van der Waals surface area contributed by atoms with Gasteiger partial charge in [0.1, 0.15) is 0 Å². The first-order chi connectivity index (χ1) is 13.1. The van der Waals surface area contributed by atoms with Crippen LogP contribution in [0.1, 0.15) is 15.9 Å². The zero-order valence-electron chi connectivity index (χ0n) is 15.2. The van der Waals surface area contributed by atoms with Crippen molar-refractivity contribution >= 4 is 29.3 Å². The predicted octanol–water partition coefficient (Wildman–Crippen LogP) is 2.13. The highest BCUT2D eigenvalue weighted by Gasteiger charge is 2.25. The number of methoxy groups -OCH3 is 1. The summed E-state index contributed by atoms with van der Waals surface area (Å²) in [4.78, 5) is 28.4. The minimum Gasteiger partial charge on any atom is -0.465 e. The lowest BCUT2D eigenvalue weighted by Crippen LogP contribution is -2.90. The molecule has 0 aliphatic carbocycles. The van der Waals surface area contributed by atoms with Gasteiger partial charge in [-0.3, -0.25) is 4.90 Å². The first-order valence-electron chi connectivity index (χ1n) is 8.89. The minimum atomic E-state index is -0.378. The van der Waals surface area contributed by atoms with Crippen LogP contribution in [0.5, 0.6) is 0 Å². The zero-order valence-corrected chi connectivity index (χ0v) is 16.0. The normalized spacial score (nSPS) is 13.9. The number of hydrogen-bond acceptors (Lipinski definition) is 3. The maximum atomic E-state index is 13.1. The number of hydrogen-bond donors (Lipinski definition) is 1. The lowest BCUT2D eigenvalue weighted by molar-refractivity contribution is -0.661. The van der Waals surface area contributed by atoms with Crippen LogP contribution in [0.3, 0.4) is 0 Å². The standard InChI is InChI=1S/C20H22ClN3O3/c1-27-19(25)16-4-2-15(3-5-16)14-24(18-8-6-17(21)7-9-18)20(26)23-12-10-22-11-13-23/h2-9,22H,10-14H2,1H3/p+1. The average molecular weight is 389 g/mol. The number of anilines is 1. The van der Waals surface area contributed by atoms with Crippen molar-refractivity contribution in [3.8, 4) is 0 Å². The third kappa shape index (κ3) is 4.78. The van der Waals surface area contributed by atoms with E-state index in [1.54, 1.807) is 29.2 Å². The molecule has 0 spiro atoms. The third-order valence-electron chi connectivity index (χ3n) is 4.56. The molecule has 0 unspecified atom stereocenters. The molecule has 0 bridgehead atoms. The number of quaternary nitrogens is 1. The van der Waals surface area contributed by atoms with E-state index in [0.29, 0.717) is 17.1 Å². The molecule has 7 heteroatoms. The summed E-state index contributed by atoms with van der Waals surface area (Å²) in [7, 11) is 1.35. The second-order valence-corrected chi connectivity index (χ2v) is 6.82. The Morgan fingerprint density at radius 3 is 2.30 bits per heavy atom. The van der Waals surface area contributed by atoms with E-state index in [1.165, 1.54) is 7.11 Å². The molecule has 0 aromatic heterocycles. The maximum Gasteiger partial charge on any atom is 0.337 e. The molecule has 1 aliphatic heterocycles. The monoisotopic (exact) mass is 388 g/mol. The molecule has 2 aromatic carbocycles. The van der Waals surface area contributed by atoms with Gasteiger partial charge in [-0.05, 0) is 42.0 Å². The van der Waals surface area contributed by atoms with Gasteiger partial charge < -0.3 is 15.0 Å².